The molecule has 0 spiro atoms. The molecule has 0 aromatic rings. The maximum atomic E-state index is 10.8. The average molecular weight is 159 g/mol. The SMILES string of the molecule is CC(O)C1OCC(=O)NC1=O. The van der Waals surface area contributed by atoms with Gasteiger partial charge in [-0.1, -0.05) is 0 Å². The van der Waals surface area contributed by atoms with Gasteiger partial charge in [-0.3, -0.25) is 14.9 Å². The van der Waals surface area contributed by atoms with E-state index in [0.29, 0.717) is 0 Å². The second kappa shape index (κ2) is 2.98. The Hall–Kier alpha value is -0.940. The summed E-state index contributed by atoms with van der Waals surface area (Å²) in [5, 5.41) is 11.0. The number of carbonyl (C=O) groups excluding carboxylic acids is 2. The maximum Gasteiger partial charge on any atom is 0.258 e. The van der Waals surface area contributed by atoms with Crippen LogP contribution in [0.15, 0.2) is 0 Å². The molecule has 0 radical (unpaired) electrons. The summed E-state index contributed by atoms with van der Waals surface area (Å²) in [4.78, 5) is 21.3. The van der Waals surface area contributed by atoms with Crippen molar-refractivity contribution in [3.05, 3.63) is 0 Å². The molecule has 0 aromatic carbocycles. The van der Waals surface area contributed by atoms with Gasteiger partial charge in [0.25, 0.3) is 11.8 Å². The molecule has 1 fully saturated rings. The molecule has 1 aliphatic heterocycles. The summed E-state index contributed by atoms with van der Waals surface area (Å²) in [6.45, 7) is 1.27. The van der Waals surface area contributed by atoms with Crippen LogP contribution in [0, 0.1) is 0 Å². The molecule has 5 heteroatoms. The van der Waals surface area contributed by atoms with Crippen molar-refractivity contribution in [3.63, 3.8) is 0 Å². The third-order valence-electron chi connectivity index (χ3n) is 1.35. The van der Waals surface area contributed by atoms with Crippen molar-refractivity contribution in [2.75, 3.05) is 6.61 Å². The fraction of sp³-hybridized carbons (Fsp3) is 0.667. The quantitative estimate of drug-likeness (QED) is 0.452. The van der Waals surface area contributed by atoms with Crippen molar-refractivity contribution >= 4 is 11.8 Å². The van der Waals surface area contributed by atoms with Crippen LogP contribution in [0.5, 0.6) is 0 Å². The van der Waals surface area contributed by atoms with Crippen LogP contribution in [0.3, 0.4) is 0 Å². The van der Waals surface area contributed by atoms with Gasteiger partial charge in [0.2, 0.25) is 0 Å². The van der Waals surface area contributed by atoms with E-state index in [4.69, 9.17) is 9.84 Å². The summed E-state index contributed by atoms with van der Waals surface area (Å²) >= 11 is 0. The third kappa shape index (κ3) is 1.75. The maximum absolute atomic E-state index is 10.8. The lowest BCUT2D eigenvalue weighted by molar-refractivity contribution is -0.156. The minimum Gasteiger partial charge on any atom is -0.390 e. The molecule has 62 valence electrons. The van der Waals surface area contributed by atoms with Crippen molar-refractivity contribution < 1.29 is 19.4 Å². The predicted octanol–water partition coefficient (Wildman–Crippen LogP) is -1.59. The topological polar surface area (TPSA) is 75.6 Å². The lowest BCUT2D eigenvalue weighted by Gasteiger charge is -2.23. The molecule has 0 saturated carbocycles. The lowest BCUT2D eigenvalue weighted by atomic mass is 10.2. The van der Waals surface area contributed by atoms with E-state index in [1.807, 2.05) is 5.32 Å². The van der Waals surface area contributed by atoms with Gasteiger partial charge in [-0.05, 0) is 6.92 Å². The van der Waals surface area contributed by atoms with Crippen molar-refractivity contribution in [3.8, 4) is 0 Å². The van der Waals surface area contributed by atoms with Crippen LogP contribution in [0.2, 0.25) is 0 Å². The van der Waals surface area contributed by atoms with Crippen LogP contribution in [0.25, 0.3) is 0 Å². The highest BCUT2D eigenvalue weighted by atomic mass is 16.5. The zero-order valence-corrected chi connectivity index (χ0v) is 6.03. The van der Waals surface area contributed by atoms with Gasteiger partial charge in [0.15, 0.2) is 6.10 Å². The molecule has 1 heterocycles. The molecule has 0 aliphatic carbocycles. The summed E-state index contributed by atoms with van der Waals surface area (Å²) in [6.07, 6.45) is -1.80. The van der Waals surface area contributed by atoms with Crippen molar-refractivity contribution in [1.82, 2.24) is 5.32 Å². The standard InChI is InChI=1S/C6H9NO4/c1-3(8)5-6(10)7-4(9)2-11-5/h3,5,8H,2H2,1H3,(H,7,9,10). The summed E-state index contributed by atoms with van der Waals surface area (Å²) < 4.78 is 4.75. The van der Waals surface area contributed by atoms with Crippen molar-refractivity contribution in [2.45, 2.75) is 19.1 Å². The molecule has 5 nitrogen and oxygen atoms in total. The Bertz CT molecular complexity index is 189. The number of ether oxygens (including phenoxy) is 1. The summed E-state index contributed by atoms with van der Waals surface area (Å²) in [5.41, 5.74) is 0. The first-order valence-electron chi connectivity index (χ1n) is 3.24. The number of amides is 2. The predicted molar refractivity (Wildman–Crippen MR) is 34.6 cm³/mol. The van der Waals surface area contributed by atoms with Gasteiger partial charge in [0.05, 0.1) is 6.10 Å². The number of hydrogen-bond acceptors (Lipinski definition) is 4. The van der Waals surface area contributed by atoms with Crippen LogP contribution in [0.1, 0.15) is 6.92 Å². The number of aliphatic hydroxyl groups excluding tert-OH is 1. The van der Waals surface area contributed by atoms with E-state index in [9.17, 15) is 9.59 Å². The Morgan fingerprint density at radius 1 is 1.73 bits per heavy atom. The minimum absolute atomic E-state index is 0.165. The lowest BCUT2D eigenvalue weighted by Crippen LogP contribution is -2.52. The number of hydrogen-bond donors (Lipinski definition) is 2. The van der Waals surface area contributed by atoms with Crippen molar-refractivity contribution in [2.24, 2.45) is 0 Å². The number of imide groups is 1. The molecule has 1 aliphatic rings. The van der Waals surface area contributed by atoms with Gasteiger partial charge < -0.3 is 9.84 Å². The van der Waals surface area contributed by atoms with Gasteiger partial charge in [-0.25, -0.2) is 0 Å². The second-order valence-electron chi connectivity index (χ2n) is 2.38. The number of carbonyl (C=O) groups is 2. The Kier molecular flexibility index (Phi) is 2.21. The van der Waals surface area contributed by atoms with Gasteiger partial charge in [0, 0.05) is 0 Å². The number of nitrogens with one attached hydrogen (secondary N) is 1. The largest absolute Gasteiger partial charge is 0.390 e. The number of aliphatic hydroxyl groups is 1. The normalized spacial score (nSPS) is 28.0. The molecule has 0 aromatic heterocycles. The van der Waals surface area contributed by atoms with Gasteiger partial charge >= 0.3 is 0 Å². The molecular formula is C6H9NO4. The Balaban J connectivity index is 2.57. The molecule has 0 bridgehead atoms. The average Bonchev–Trinajstić information content (AvgIpc) is 1.85. The molecule has 2 unspecified atom stereocenters. The Morgan fingerprint density at radius 3 is 2.82 bits per heavy atom. The Morgan fingerprint density at radius 2 is 2.36 bits per heavy atom. The van der Waals surface area contributed by atoms with E-state index in [1.54, 1.807) is 0 Å². The van der Waals surface area contributed by atoms with Crippen LogP contribution < -0.4 is 5.32 Å². The minimum atomic E-state index is -0.910. The highest BCUT2D eigenvalue weighted by Gasteiger charge is 2.30. The molecule has 2 atom stereocenters. The highest BCUT2D eigenvalue weighted by molar-refractivity contribution is 5.99. The molecule has 1 saturated heterocycles. The zero-order valence-electron chi connectivity index (χ0n) is 6.03. The van der Waals surface area contributed by atoms with Crippen LogP contribution in [-0.2, 0) is 14.3 Å². The number of morpholine rings is 1. The molecular weight excluding hydrogens is 150 g/mol. The first-order chi connectivity index (χ1) is 5.11. The van der Waals surface area contributed by atoms with E-state index in [2.05, 4.69) is 0 Å². The first kappa shape index (κ1) is 8.16. The van der Waals surface area contributed by atoms with E-state index < -0.39 is 24.0 Å². The van der Waals surface area contributed by atoms with E-state index in [0.717, 1.165) is 0 Å². The Labute approximate surface area is 63.3 Å². The number of rotatable bonds is 1. The van der Waals surface area contributed by atoms with E-state index in [1.165, 1.54) is 6.92 Å². The van der Waals surface area contributed by atoms with Crippen LogP contribution in [0.4, 0.5) is 0 Å². The van der Waals surface area contributed by atoms with E-state index >= 15 is 0 Å². The van der Waals surface area contributed by atoms with Crippen molar-refractivity contribution in [1.29, 1.82) is 0 Å². The zero-order chi connectivity index (χ0) is 8.43. The molecule has 2 N–H and O–H groups in total. The summed E-state index contributed by atoms with van der Waals surface area (Å²) in [6, 6.07) is 0. The molecule has 11 heavy (non-hydrogen) atoms. The van der Waals surface area contributed by atoms with Crippen LogP contribution >= 0.6 is 0 Å². The summed E-state index contributed by atoms with van der Waals surface area (Å²) in [7, 11) is 0. The molecule has 2 amide bonds. The van der Waals surface area contributed by atoms with Gasteiger partial charge in [-0.15, -0.1) is 0 Å². The second-order valence-corrected chi connectivity index (χ2v) is 2.38. The molecule has 1 rings (SSSR count). The fourth-order valence-corrected chi connectivity index (χ4v) is 0.844. The monoisotopic (exact) mass is 159 g/mol. The smallest absolute Gasteiger partial charge is 0.258 e. The highest BCUT2D eigenvalue weighted by Crippen LogP contribution is 2.02. The fourth-order valence-electron chi connectivity index (χ4n) is 0.844. The van der Waals surface area contributed by atoms with Crippen LogP contribution in [-0.4, -0.2) is 35.7 Å². The van der Waals surface area contributed by atoms with Gasteiger partial charge in [0.1, 0.15) is 6.61 Å². The van der Waals surface area contributed by atoms with Gasteiger partial charge in [-0.2, -0.15) is 0 Å². The summed E-state index contributed by atoms with van der Waals surface area (Å²) in [5.74, 6) is -1.04. The first-order valence-corrected chi connectivity index (χ1v) is 3.24. The third-order valence-corrected chi connectivity index (χ3v) is 1.35. The van der Waals surface area contributed by atoms with E-state index in [-0.39, 0.29) is 6.61 Å².